The molecule has 92 valence electrons. The molecule has 2 heterocycles. The molecule has 0 aromatic carbocycles. The van der Waals surface area contributed by atoms with E-state index < -0.39 is 0 Å². The van der Waals surface area contributed by atoms with Crippen LogP contribution in [0.5, 0.6) is 0 Å². The van der Waals surface area contributed by atoms with Crippen molar-refractivity contribution in [3.8, 4) is 0 Å². The van der Waals surface area contributed by atoms with Crippen molar-refractivity contribution in [2.24, 2.45) is 5.73 Å². The Hall–Kier alpha value is -0.370. The molecule has 2 aromatic rings. The summed E-state index contributed by atoms with van der Waals surface area (Å²) >= 11 is 6.97. The zero-order valence-corrected chi connectivity index (χ0v) is 12.6. The molecule has 2 rings (SSSR count). The maximum atomic E-state index is 5.62. The minimum atomic E-state index is 0.435. The minimum Gasteiger partial charge on any atom is -0.324 e. The van der Waals surface area contributed by atoms with Crippen LogP contribution in [0.3, 0.4) is 0 Å². The van der Waals surface area contributed by atoms with Gasteiger partial charge in [-0.25, -0.2) is 0 Å². The first-order valence-electron chi connectivity index (χ1n) is 5.23. The fraction of sp³-hybridized carbons (Fsp3) is 0.400. The Bertz CT molecular complexity index is 494. The molecule has 0 saturated carbocycles. The lowest BCUT2D eigenvalue weighted by atomic mass is 10.5. The van der Waals surface area contributed by atoms with Gasteiger partial charge in [0.05, 0.1) is 6.54 Å². The molecule has 4 nitrogen and oxygen atoms in total. The number of hydrogen-bond donors (Lipinski definition) is 1. The topological polar surface area (TPSA) is 56.7 Å². The first-order chi connectivity index (χ1) is 8.26. The van der Waals surface area contributed by atoms with Gasteiger partial charge in [-0.05, 0) is 34.3 Å². The van der Waals surface area contributed by atoms with E-state index in [9.17, 15) is 0 Å². The number of hydrogen-bond acceptors (Lipinski definition) is 5. The van der Waals surface area contributed by atoms with E-state index in [1.54, 1.807) is 23.1 Å². The van der Waals surface area contributed by atoms with E-state index in [-0.39, 0.29) is 0 Å². The van der Waals surface area contributed by atoms with Gasteiger partial charge < -0.3 is 10.3 Å². The molecule has 0 fully saturated rings. The lowest BCUT2D eigenvalue weighted by molar-refractivity contribution is 0.643. The molecule has 0 radical (unpaired) electrons. The summed E-state index contributed by atoms with van der Waals surface area (Å²) in [4.78, 5) is 1.31. The van der Waals surface area contributed by atoms with Gasteiger partial charge in [-0.1, -0.05) is 11.8 Å². The molecule has 0 aliphatic heterocycles. The predicted molar refractivity (Wildman–Crippen MR) is 75.2 cm³/mol. The van der Waals surface area contributed by atoms with Crippen LogP contribution >= 0.6 is 39.0 Å². The molecular weight excluding hydrogens is 320 g/mol. The van der Waals surface area contributed by atoms with Crippen LogP contribution in [0.15, 0.2) is 21.1 Å². The van der Waals surface area contributed by atoms with Crippen molar-refractivity contribution in [2.45, 2.75) is 30.9 Å². The first kappa shape index (κ1) is 13.1. The van der Waals surface area contributed by atoms with Gasteiger partial charge in [0.15, 0.2) is 5.16 Å². The Labute approximate surface area is 117 Å². The van der Waals surface area contributed by atoms with Crippen molar-refractivity contribution < 1.29 is 0 Å². The number of thiophene rings is 1. The lowest BCUT2D eigenvalue weighted by Crippen LogP contribution is -2.07. The van der Waals surface area contributed by atoms with Crippen molar-refractivity contribution in [3.05, 3.63) is 26.6 Å². The van der Waals surface area contributed by atoms with Crippen molar-refractivity contribution >= 4 is 39.0 Å². The highest BCUT2D eigenvalue weighted by atomic mass is 79.9. The maximum Gasteiger partial charge on any atom is 0.191 e. The average molecular weight is 333 g/mol. The Morgan fingerprint density at radius 3 is 2.94 bits per heavy atom. The highest BCUT2D eigenvalue weighted by Gasteiger charge is 2.11. The van der Waals surface area contributed by atoms with Gasteiger partial charge in [0.1, 0.15) is 5.82 Å². The lowest BCUT2D eigenvalue weighted by Gasteiger charge is -2.05. The van der Waals surface area contributed by atoms with Crippen LogP contribution in [0.1, 0.15) is 17.6 Å². The predicted octanol–water partition coefficient (Wildman–Crippen LogP) is 2.87. The summed E-state index contributed by atoms with van der Waals surface area (Å²) in [5.74, 6) is 1.75. The molecular formula is C10H13BrN4S2. The molecule has 2 N–H and O–H groups in total. The normalized spacial score (nSPS) is 11.0. The third-order valence-electron chi connectivity index (χ3n) is 2.32. The summed E-state index contributed by atoms with van der Waals surface area (Å²) < 4.78 is 3.23. The van der Waals surface area contributed by atoms with E-state index in [0.717, 1.165) is 27.8 Å². The van der Waals surface area contributed by atoms with Crippen LogP contribution in [0, 0.1) is 0 Å². The number of nitrogens with zero attached hydrogens (tertiary/aromatic N) is 3. The highest BCUT2D eigenvalue weighted by Crippen LogP contribution is 2.30. The smallest absolute Gasteiger partial charge is 0.191 e. The first-order valence-corrected chi connectivity index (χ1v) is 7.88. The minimum absolute atomic E-state index is 0.435. The fourth-order valence-corrected chi connectivity index (χ4v) is 4.27. The molecule has 0 saturated heterocycles. The number of nitrogens with two attached hydrogens (primary N) is 1. The van der Waals surface area contributed by atoms with Crippen molar-refractivity contribution in [2.75, 3.05) is 0 Å². The molecule has 0 amide bonds. The molecule has 7 heteroatoms. The summed E-state index contributed by atoms with van der Waals surface area (Å²) in [5, 5.41) is 11.3. The molecule has 0 aliphatic rings. The molecule has 0 atom stereocenters. The standard InChI is InChI=1S/C10H13BrN4S2/c1-2-15-9(5-12)13-14-10(15)17-6-8-7(11)3-4-16-8/h3-4H,2,5-6,12H2,1H3. The second-order valence-corrected chi connectivity index (χ2v) is 6.13. The van der Waals surface area contributed by atoms with E-state index in [0.29, 0.717) is 6.54 Å². The monoisotopic (exact) mass is 332 g/mol. The SMILES string of the molecule is CCn1c(CN)nnc1SCc1sccc1Br. The van der Waals surface area contributed by atoms with E-state index >= 15 is 0 Å². The second-order valence-electron chi connectivity index (χ2n) is 3.33. The van der Waals surface area contributed by atoms with Gasteiger partial charge in [-0.2, -0.15) is 0 Å². The summed E-state index contributed by atoms with van der Waals surface area (Å²) in [6, 6.07) is 2.07. The quantitative estimate of drug-likeness (QED) is 0.855. The summed E-state index contributed by atoms with van der Waals surface area (Å²) in [7, 11) is 0. The van der Waals surface area contributed by atoms with Gasteiger partial charge in [-0.3, -0.25) is 0 Å². The van der Waals surface area contributed by atoms with E-state index in [4.69, 9.17) is 5.73 Å². The van der Waals surface area contributed by atoms with Crippen LogP contribution in [-0.2, 0) is 18.8 Å². The summed E-state index contributed by atoms with van der Waals surface area (Å²) in [5.41, 5.74) is 5.62. The highest BCUT2D eigenvalue weighted by molar-refractivity contribution is 9.10. The molecule has 0 unspecified atom stereocenters. The van der Waals surface area contributed by atoms with Crippen LogP contribution < -0.4 is 5.73 Å². The maximum absolute atomic E-state index is 5.62. The fourth-order valence-electron chi connectivity index (χ4n) is 1.45. The molecule has 17 heavy (non-hydrogen) atoms. The third kappa shape index (κ3) is 2.90. The van der Waals surface area contributed by atoms with E-state index in [2.05, 4.69) is 49.1 Å². The number of aromatic nitrogens is 3. The Morgan fingerprint density at radius 2 is 2.35 bits per heavy atom. The third-order valence-corrected chi connectivity index (χ3v) is 5.42. The summed E-state index contributed by atoms with van der Waals surface area (Å²) in [6.07, 6.45) is 0. The van der Waals surface area contributed by atoms with Crippen LogP contribution in [0.25, 0.3) is 0 Å². The number of halogens is 1. The largest absolute Gasteiger partial charge is 0.324 e. The molecule has 0 spiro atoms. The average Bonchev–Trinajstić information content (AvgIpc) is 2.92. The zero-order valence-electron chi connectivity index (χ0n) is 9.39. The number of thioether (sulfide) groups is 1. The molecule has 0 aliphatic carbocycles. The Kier molecular flexibility index (Phi) is 4.61. The Balaban J connectivity index is 2.09. The van der Waals surface area contributed by atoms with Gasteiger partial charge in [0.2, 0.25) is 0 Å². The van der Waals surface area contributed by atoms with Crippen LogP contribution in [0.2, 0.25) is 0 Å². The van der Waals surface area contributed by atoms with E-state index in [1.165, 1.54) is 4.88 Å². The van der Waals surface area contributed by atoms with E-state index in [1.807, 2.05) is 0 Å². The van der Waals surface area contributed by atoms with Crippen molar-refractivity contribution in [1.29, 1.82) is 0 Å². The summed E-state index contributed by atoms with van der Waals surface area (Å²) in [6.45, 7) is 3.37. The Morgan fingerprint density at radius 1 is 1.53 bits per heavy atom. The zero-order chi connectivity index (χ0) is 12.3. The van der Waals surface area contributed by atoms with Gasteiger partial charge >= 0.3 is 0 Å². The van der Waals surface area contributed by atoms with Gasteiger partial charge in [0, 0.05) is 21.6 Å². The van der Waals surface area contributed by atoms with Crippen LogP contribution in [0.4, 0.5) is 0 Å². The van der Waals surface area contributed by atoms with Gasteiger partial charge in [0.25, 0.3) is 0 Å². The number of rotatable bonds is 5. The second kappa shape index (κ2) is 5.99. The molecule has 0 bridgehead atoms. The van der Waals surface area contributed by atoms with Crippen molar-refractivity contribution in [1.82, 2.24) is 14.8 Å². The van der Waals surface area contributed by atoms with Crippen molar-refractivity contribution in [3.63, 3.8) is 0 Å². The van der Waals surface area contributed by atoms with Gasteiger partial charge in [-0.15, -0.1) is 21.5 Å². The molecule has 2 aromatic heterocycles. The van der Waals surface area contributed by atoms with Crippen LogP contribution in [-0.4, -0.2) is 14.8 Å².